The number of hydrogen-bond acceptors (Lipinski definition) is 5. The highest BCUT2D eigenvalue weighted by Gasteiger charge is 2.32. The molecule has 3 aromatic rings. The Balaban J connectivity index is 1.60. The monoisotopic (exact) mass is 458 g/mol. The van der Waals surface area contributed by atoms with Crippen LogP contribution in [0, 0.1) is 5.82 Å². The lowest BCUT2D eigenvalue weighted by atomic mass is 10.1. The highest BCUT2D eigenvalue weighted by molar-refractivity contribution is 7.90. The molecule has 0 radical (unpaired) electrons. The number of ether oxygens (including phenoxy) is 1. The van der Waals surface area contributed by atoms with Crippen LogP contribution in [0.15, 0.2) is 82.1 Å². The highest BCUT2D eigenvalue weighted by atomic mass is 35.5. The number of esters is 1. The minimum absolute atomic E-state index is 0.0555. The third kappa shape index (κ3) is 4.45. The van der Waals surface area contributed by atoms with E-state index < -0.39 is 21.8 Å². The fourth-order valence-corrected chi connectivity index (χ4v) is 4.50. The number of nitrogens with zero attached hydrogens (tertiary/aromatic N) is 2. The van der Waals surface area contributed by atoms with Crippen LogP contribution >= 0.6 is 11.6 Å². The van der Waals surface area contributed by atoms with Crippen LogP contribution in [0.1, 0.15) is 15.9 Å². The maximum atomic E-state index is 13.1. The molecule has 0 atom stereocenters. The van der Waals surface area contributed by atoms with E-state index in [1.807, 2.05) is 0 Å². The quantitative estimate of drug-likeness (QED) is 0.533. The van der Waals surface area contributed by atoms with Gasteiger partial charge in [0.1, 0.15) is 17.3 Å². The molecule has 0 amide bonds. The average molecular weight is 459 g/mol. The van der Waals surface area contributed by atoms with E-state index in [2.05, 4.69) is 4.40 Å². The third-order valence-electron chi connectivity index (χ3n) is 4.63. The Morgan fingerprint density at radius 3 is 2.39 bits per heavy atom. The Morgan fingerprint density at radius 2 is 1.68 bits per heavy atom. The lowest BCUT2D eigenvalue weighted by molar-refractivity contribution is 0.0517. The molecule has 6 nitrogen and oxygen atoms in total. The van der Waals surface area contributed by atoms with Gasteiger partial charge in [0.25, 0.3) is 10.0 Å². The molecule has 0 aliphatic carbocycles. The summed E-state index contributed by atoms with van der Waals surface area (Å²) in [6.07, 6.45) is 0. The first-order valence-electron chi connectivity index (χ1n) is 9.25. The van der Waals surface area contributed by atoms with Crippen LogP contribution in [0.4, 0.5) is 10.1 Å². The largest absolute Gasteiger partial charge is 0.460 e. The summed E-state index contributed by atoms with van der Waals surface area (Å²) in [5.41, 5.74) is 1.31. The summed E-state index contributed by atoms with van der Waals surface area (Å²) >= 11 is 5.99. The van der Waals surface area contributed by atoms with Crippen LogP contribution in [-0.2, 0) is 14.8 Å². The van der Waals surface area contributed by atoms with Crippen LogP contribution < -0.4 is 4.90 Å². The van der Waals surface area contributed by atoms with Crippen molar-refractivity contribution < 1.29 is 22.3 Å². The van der Waals surface area contributed by atoms with E-state index in [0.29, 0.717) is 16.3 Å². The first-order valence-corrected chi connectivity index (χ1v) is 11.1. The Hall–Kier alpha value is -3.23. The molecule has 0 saturated carbocycles. The van der Waals surface area contributed by atoms with Gasteiger partial charge in [0.2, 0.25) is 0 Å². The number of amidine groups is 1. The summed E-state index contributed by atoms with van der Waals surface area (Å²) in [7, 11) is -3.83. The van der Waals surface area contributed by atoms with Crippen LogP contribution in [-0.4, -0.2) is 33.4 Å². The molecule has 0 N–H and O–H groups in total. The van der Waals surface area contributed by atoms with Gasteiger partial charge in [0.15, 0.2) is 5.84 Å². The maximum Gasteiger partial charge on any atom is 0.338 e. The molecule has 1 heterocycles. The van der Waals surface area contributed by atoms with E-state index in [0.717, 1.165) is 0 Å². The number of rotatable bonds is 5. The first kappa shape index (κ1) is 21.0. The number of carbonyl (C=O) groups is 1. The normalized spacial score (nSPS) is 13.9. The second-order valence-corrected chi connectivity index (χ2v) is 8.67. The lowest BCUT2D eigenvalue weighted by Crippen LogP contribution is -2.34. The Bertz CT molecular complexity index is 1260. The van der Waals surface area contributed by atoms with Crippen LogP contribution in [0.2, 0.25) is 5.02 Å². The summed E-state index contributed by atoms with van der Waals surface area (Å²) < 4.78 is 47.3. The Kier molecular flexibility index (Phi) is 5.75. The first-order chi connectivity index (χ1) is 14.8. The number of sulfonamides is 1. The van der Waals surface area contributed by atoms with Gasteiger partial charge in [-0.15, -0.1) is 4.40 Å². The van der Waals surface area contributed by atoms with Gasteiger partial charge in [-0.25, -0.2) is 9.18 Å². The van der Waals surface area contributed by atoms with E-state index in [4.69, 9.17) is 16.3 Å². The van der Waals surface area contributed by atoms with E-state index in [1.165, 1.54) is 30.3 Å². The topological polar surface area (TPSA) is 76.0 Å². The predicted molar refractivity (Wildman–Crippen MR) is 116 cm³/mol. The van der Waals surface area contributed by atoms with Gasteiger partial charge in [0, 0.05) is 16.3 Å². The molecule has 31 heavy (non-hydrogen) atoms. The average Bonchev–Trinajstić information content (AvgIpc) is 3.03. The number of carbonyl (C=O) groups excluding carboxylic acids is 1. The standard InChI is InChI=1S/C22H16ClFN2O4S/c23-16-7-11-18(12-8-16)26(13-14-30-22(27)15-5-9-17(24)10-6-15)21-19-3-1-2-4-20(19)31(28,29)25-21/h1-12H,13-14H2. The summed E-state index contributed by atoms with van der Waals surface area (Å²) in [5.74, 6) is -0.835. The molecule has 9 heteroatoms. The fraction of sp³-hybridized carbons (Fsp3) is 0.0909. The zero-order chi connectivity index (χ0) is 22.0. The summed E-state index contributed by atoms with van der Waals surface area (Å²) in [4.78, 5) is 14.0. The van der Waals surface area contributed by atoms with Crippen molar-refractivity contribution >= 4 is 39.1 Å². The van der Waals surface area contributed by atoms with Gasteiger partial charge in [-0.05, 0) is 60.7 Å². The highest BCUT2D eigenvalue weighted by Crippen LogP contribution is 2.30. The van der Waals surface area contributed by atoms with Crippen molar-refractivity contribution in [2.24, 2.45) is 4.40 Å². The summed E-state index contributed by atoms with van der Waals surface area (Å²) in [6.45, 7) is 0.0807. The number of hydrogen-bond donors (Lipinski definition) is 0. The lowest BCUT2D eigenvalue weighted by Gasteiger charge is -2.24. The van der Waals surface area contributed by atoms with E-state index in [9.17, 15) is 17.6 Å². The molecular weight excluding hydrogens is 443 g/mol. The molecule has 0 fully saturated rings. The molecule has 0 bridgehead atoms. The van der Waals surface area contributed by atoms with Crippen molar-refractivity contribution in [1.82, 2.24) is 0 Å². The summed E-state index contributed by atoms with van der Waals surface area (Å²) in [6, 6.07) is 18.3. The van der Waals surface area contributed by atoms with Gasteiger partial charge in [-0.1, -0.05) is 23.7 Å². The molecule has 4 rings (SSSR count). The van der Waals surface area contributed by atoms with Crippen molar-refractivity contribution in [3.05, 3.63) is 94.8 Å². The smallest absolute Gasteiger partial charge is 0.338 e. The Morgan fingerprint density at radius 1 is 1.00 bits per heavy atom. The zero-order valence-corrected chi connectivity index (χ0v) is 17.6. The van der Waals surface area contributed by atoms with Crippen molar-refractivity contribution in [2.75, 3.05) is 18.1 Å². The molecule has 0 unspecified atom stereocenters. The molecular formula is C22H16ClFN2O4S. The molecule has 0 aromatic heterocycles. The van der Waals surface area contributed by atoms with E-state index in [-0.39, 0.29) is 29.4 Å². The van der Waals surface area contributed by atoms with Crippen LogP contribution in [0.5, 0.6) is 0 Å². The van der Waals surface area contributed by atoms with Crippen molar-refractivity contribution in [3.8, 4) is 0 Å². The number of benzene rings is 3. The van der Waals surface area contributed by atoms with Gasteiger partial charge in [0.05, 0.1) is 12.1 Å². The number of anilines is 1. The van der Waals surface area contributed by atoms with E-state index >= 15 is 0 Å². The third-order valence-corrected chi connectivity index (χ3v) is 6.21. The van der Waals surface area contributed by atoms with Gasteiger partial charge < -0.3 is 9.64 Å². The van der Waals surface area contributed by atoms with Gasteiger partial charge in [-0.2, -0.15) is 8.42 Å². The summed E-state index contributed by atoms with van der Waals surface area (Å²) in [5, 5.41) is 0.521. The minimum Gasteiger partial charge on any atom is -0.460 e. The molecule has 0 saturated heterocycles. The molecule has 1 aliphatic rings. The van der Waals surface area contributed by atoms with Crippen molar-refractivity contribution in [2.45, 2.75) is 4.90 Å². The zero-order valence-electron chi connectivity index (χ0n) is 16.0. The Labute approximate surface area is 183 Å². The van der Waals surface area contributed by atoms with Gasteiger partial charge in [-0.3, -0.25) is 0 Å². The molecule has 1 aliphatic heterocycles. The minimum atomic E-state index is -3.83. The SMILES string of the molecule is O=C(OCCN(C1=NS(=O)(=O)c2ccccc21)c1ccc(Cl)cc1)c1ccc(F)cc1. The maximum absolute atomic E-state index is 13.1. The number of fused-ring (bicyclic) bond motifs is 1. The van der Waals surface area contributed by atoms with Crippen molar-refractivity contribution in [3.63, 3.8) is 0 Å². The second kappa shape index (κ2) is 8.49. The second-order valence-electron chi connectivity index (χ2n) is 6.66. The van der Waals surface area contributed by atoms with Crippen molar-refractivity contribution in [1.29, 1.82) is 0 Å². The van der Waals surface area contributed by atoms with Gasteiger partial charge >= 0.3 is 5.97 Å². The number of halogens is 2. The molecule has 0 spiro atoms. The van der Waals surface area contributed by atoms with E-state index in [1.54, 1.807) is 47.4 Å². The van der Waals surface area contributed by atoms with Crippen LogP contribution in [0.25, 0.3) is 0 Å². The molecule has 158 valence electrons. The predicted octanol–water partition coefficient (Wildman–Crippen LogP) is 4.29. The van der Waals surface area contributed by atoms with Crippen LogP contribution in [0.3, 0.4) is 0 Å². The molecule has 3 aromatic carbocycles. The fourth-order valence-electron chi connectivity index (χ4n) is 3.16.